The van der Waals surface area contributed by atoms with Gasteiger partial charge in [0.05, 0.1) is 0 Å². The van der Waals surface area contributed by atoms with Gasteiger partial charge < -0.3 is 0 Å². The molecule has 0 aromatic heterocycles. The highest BCUT2D eigenvalue weighted by Crippen LogP contribution is 2.79. The molecule has 154 valence electrons. The van der Waals surface area contributed by atoms with E-state index in [1.54, 1.807) is 0 Å². The summed E-state index contributed by atoms with van der Waals surface area (Å²) in [7, 11) is -0.716. The highest BCUT2D eigenvalue weighted by atomic mass is 32.1. The minimum Gasteiger partial charge on any atom is -0.0622 e. The predicted octanol–water partition coefficient (Wildman–Crippen LogP) is 6.03. The molecule has 0 aliphatic heterocycles. The van der Waals surface area contributed by atoms with Crippen molar-refractivity contribution in [3.63, 3.8) is 0 Å². The molecule has 32 heavy (non-hydrogen) atoms. The molecule has 0 spiro atoms. The minimum absolute atomic E-state index is 0.716. The SMILES string of the molecule is c1ccc(P(c2ccccc2)[P+](c2ccccc2)(c2ccccc2)c2ccccc2)cc1. The largest absolute Gasteiger partial charge is 0.139 e. The number of hydrogen-bond acceptors (Lipinski definition) is 0. The van der Waals surface area contributed by atoms with Gasteiger partial charge in [-0.2, -0.15) is 0 Å². The lowest BCUT2D eigenvalue weighted by molar-refractivity contribution is 1.73. The van der Waals surface area contributed by atoms with Crippen LogP contribution < -0.4 is 26.5 Å². The monoisotopic (exact) mass is 447 g/mol. The molecule has 0 N–H and O–H groups in total. The molecular weight excluding hydrogens is 422 g/mol. The molecule has 2 heteroatoms. The Morgan fingerprint density at radius 2 is 0.562 bits per heavy atom. The summed E-state index contributed by atoms with van der Waals surface area (Å²) in [4.78, 5) is 0. The quantitative estimate of drug-likeness (QED) is 0.279. The Morgan fingerprint density at radius 3 is 0.844 bits per heavy atom. The third-order valence-corrected chi connectivity index (χ3v) is 16.3. The fourth-order valence-electron chi connectivity index (χ4n) is 4.36. The standard InChI is InChI=1S/C30H25P2/c1-6-16-26(17-7-1)31(27-18-8-2-9-19-27)32(28-20-10-3-11-21-28,29-22-12-4-13-23-29)30-24-14-5-15-25-30/h1-25H/q+1. The van der Waals surface area contributed by atoms with Gasteiger partial charge >= 0.3 is 0 Å². The van der Waals surface area contributed by atoms with Gasteiger partial charge in [-0.25, -0.2) is 0 Å². The van der Waals surface area contributed by atoms with Crippen LogP contribution in [-0.2, 0) is 0 Å². The summed E-state index contributed by atoms with van der Waals surface area (Å²) in [6.07, 6.45) is 0. The van der Waals surface area contributed by atoms with Crippen molar-refractivity contribution in [3.8, 4) is 0 Å². The average molecular weight is 447 g/mol. The van der Waals surface area contributed by atoms with Crippen LogP contribution in [0.5, 0.6) is 0 Å². The molecule has 0 aliphatic carbocycles. The number of rotatable bonds is 6. The normalized spacial score (nSPS) is 11.4. The molecule has 0 aliphatic rings. The van der Waals surface area contributed by atoms with Gasteiger partial charge in [0.1, 0.15) is 30.5 Å². The first-order valence-corrected chi connectivity index (χ1v) is 14.7. The second-order valence-electron chi connectivity index (χ2n) is 7.62. The highest BCUT2D eigenvalue weighted by Gasteiger charge is 2.54. The van der Waals surface area contributed by atoms with Crippen LogP contribution in [0.1, 0.15) is 0 Å². The Bertz CT molecular complexity index is 1100. The zero-order chi connectivity index (χ0) is 21.6. The van der Waals surface area contributed by atoms with Crippen molar-refractivity contribution in [3.05, 3.63) is 152 Å². The molecule has 0 bridgehead atoms. The summed E-state index contributed by atoms with van der Waals surface area (Å²) in [6.45, 7) is -2.04. The van der Waals surface area contributed by atoms with E-state index in [0.717, 1.165) is 0 Å². The molecule has 0 saturated carbocycles. The lowest BCUT2D eigenvalue weighted by Crippen LogP contribution is -2.34. The Morgan fingerprint density at radius 1 is 0.312 bits per heavy atom. The van der Waals surface area contributed by atoms with Gasteiger partial charge in [0.2, 0.25) is 0 Å². The van der Waals surface area contributed by atoms with E-state index in [1.165, 1.54) is 26.5 Å². The Labute approximate surface area is 192 Å². The fraction of sp³-hybridized carbons (Fsp3) is 0. The first kappa shape index (κ1) is 20.8. The lowest BCUT2D eigenvalue weighted by atomic mass is 10.4. The van der Waals surface area contributed by atoms with Crippen LogP contribution in [0.4, 0.5) is 0 Å². The Kier molecular flexibility index (Phi) is 6.27. The highest BCUT2D eigenvalue weighted by molar-refractivity contribution is 8.52. The van der Waals surface area contributed by atoms with E-state index < -0.39 is 14.6 Å². The van der Waals surface area contributed by atoms with Crippen LogP contribution in [0.15, 0.2) is 152 Å². The fourth-order valence-corrected chi connectivity index (χ4v) is 15.8. The van der Waals surface area contributed by atoms with Crippen molar-refractivity contribution in [2.75, 3.05) is 0 Å². The number of benzene rings is 5. The zero-order valence-corrected chi connectivity index (χ0v) is 19.6. The molecule has 0 saturated heterocycles. The van der Waals surface area contributed by atoms with Crippen molar-refractivity contribution in [2.45, 2.75) is 0 Å². The van der Waals surface area contributed by atoms with E-state index in [1.807, 2.05) is 0 Å². The summed E-state index contributed by atoms with van der Waals surface area (Å²) in [5.41, 5.74) is 0. The number of hydrogen-bond donors (Lipinski definition) is 0. The maximum atomic E-state index is 2.34. The molecule has 5 aromatic carbocycles. The van der Waals surface area contributed by atoms with Gasteiger partial charge in [-0.3, -0.25) is 0 Å². The van der Waals surface area contributed by atoms with Crippen molar-refractivity contribution in [1.29, 1.82) is 0 Å². The van der Waals surface area contributed by atoms with Gasteiger partial charge in [-0.15, -0.1) is 0 Å². The van der Waals surface area contributed by atoms with Crippen LogP contribution in [0.2, 0.25) is 0 Å². The van der Waals surface area contributed by atoms with Gasteiger partial charge in [-0.1, -0.05) is 115 Å². The summed E-state index contributed by atoms with van der Waals surface area (Å²) >= 11 is 0. The first-order valence-electron chi connectivity index (χ1n) is 10.9. The van der Waals surface area contributed by atoms with Gasteiger partial charge in [0.25, 0.3) is 0 Å². The van der Waals surface area contributed by atoms with E-state index in [4.69, 9.17) is 0 Å². The smallest absolute Gasteiger partial charge is 0.0622 e. The maximum Gasteiger partial charge on any atom is 0.139 e. The first-order chi connectivity index (χ1) is 15.9. The van der Waals surface area contributed by atoms with Crippen molar-refractivity contribution in [1.82, 2.24) is 0 Å². The third-order valence-electron chi connectivity index (χ3n) is 5.69. The lowest BCUT2D eigenvalue weighted by Gasteiger charge is -2.34. The molecule has 0 fully saturated rings. The van der Waals surface area contributed by atoms with E-state index in [2.05, 4.69) is 152 Å². The van der Waals surface area contributed by atoms with Crippen molar-refractivity contribution < 1.29 is 0 Å². The topological polar surface area (TPSA) is 0 Å². The third kappa shape index (κ3) is 3.82. The van der Waals surface area contributed by atoms with Gasteiger partial charge in [0.15, 0.2) is 0 Å². The predicted molar refractivity (Wildman–Crippen MR) is 144 cm³/mol. The molecule has 5 aromatic rings. The van der Waals surface area contributed by atoms with Gasteiger partial charge in [-0.05, 0) is 36.4 Å². The Balaban J connectivity index is 1.94. The van der Waals surface area contributed by atoms with Crippen molar-refractivity contribution >= 4 is 41.1 Å². The van der Waals surface area contributed by atoms with Crippen LogP contribution >= 0.6 is 14.6 Å². The van der Waals surface area contributed by atoms with Crippen LogP contribution in [0.25, 0.3) is 0 Å². The molecule has 0 radical (unpaired) electrons. The molecule has 0 unspecified atom stereocenters. The second-order valence-corrected chi connectivity index (χ2v) is 15.1. The van der Waals surface area contributed by atoms with Crippen LogP contribution in [0, 0.1) is 0 Å². The molecule has 0 amide bonds. The summed E-state index contributed by atoms with van der Waals surface area (Å²) in [6, 6.07) is 55.9. The van der Waals surface area contributed by atoms with Crippen LogP contribution in [-0.4, -0.2) is 0 Å². The summed E-state index contributed by atoms with van der Waals surface area (Å²) in [5, 5.41) is 7.11. The van der Waals surface area contributed by atoms with Crippen LogP contribution in [0.3, 0.4) is 0 Å². The molecule has 5 rings (SSSR count). The molecular formula is C30H25P2+. The van der Waals surface area contributed by atoms with E-state index in [-0.39, 0.29) is 0 Å². The average Bonchev–Trinajstić information content (AvgIpc) is 2.90. The van der Waals surface area contributed by atoms with E-state index in [9.17, 15) is 0 Å². The molecule has 0 nitrogen and oxygen atoms in total. The minimum atomic E-state index is -2.04. The second kappa shape index (κ2) is 9.62. The zero-order valence-electron chi connectivity index (χ0n) is 17.8. The van der Waals surface area contributed by atoms with E-state index >= 15 is 0 Å². The summed E-state index contributed by atoms with van der Waals surface area (Å²) < 4.78 is 0. The molecule has 0 heterocycles. The molecule has 0 atom stereocenters. The maximum absolute atomic E-state index is 2.34. The Hall–Kier alpha value is -3.04. The summed E-state index contributed by atoms with van der Waals surface area (Å²) in [5.74, 6) is 0. The van der Waals surface area contributed by atoms with Crippen molar-refractivity contribution in [2.24, 2.45) is 0 Å². The van der Waals surface area contributed by atoms with E-state index in [0.29, 0.717) is 0 Å². The van der Waals surface area contributed by atoms with Gasteiger partial charge in [0, 0.05) is 10.6 Å².